The second-order valence-electron chi connectivity index (χ2n) is 4.14. The molecule has 1 aliphatic rings. The van der Waals surface area contributed by atoms with Crippen molar-refractivity contribution in [2.45, 2.75) is 19.9 Å². The van der Waals surface area contributed by atoms with E-state index in [4.69, 9.17) is 16.3 Å². The van der Waals surface area contributed by atoms with Gasteiger partial charge in [0.05, 0.1) is 13.2 Å². The van der Waals surface area contributed by atoms with Crippen LogP contribution in [0, 0.1) is 5.92 Å². The van der Waals surface area contributed by atoms with E-state index in [1.165, 1.54) is 4.31 Å². The van der Waals surface area contributed by atoms with Crippen LogP contribution in [0.5, 0.6) is 0 Å². The average Bonchev–Trinajstić information content (AvgIpc) is 2.27. The fourth-order valence-corrected chi connectivity index (χ4v) is 3.44. The lowest BCUT2D eigenvalue weighted by molar-refractivity contribution is 0.0722. The van der Waals surface area contributed by atoms with Crippen molar-refractivity contribution < 1.29 is 13.2 Å². The largest absolute Gasteiger partial charge is 0.379 e. The molecule has 0 radical (unpaired) electrons. The highest BCUT2D eigenvalue weighted by Crippen LogP contribution is 2.09. The van der Waals surface area contributed by atoms with Crippen molar-refractivity contribution in [3.05, 3.63) is 0 Å². The Morgan fingerprint density at radius 2 is 1.94 bits per heavy atom. The van der Waals surface area contributed by atoms with Crippen molar-refractivity contribution in [2.75, 3.05) is 32.2 Å². The van der Waals surface area contributed by atoms with Crippen LogP contribution in [-0.2, 0) is 14.9 Å². The SMILES string of the molecule is CC(C)C(CCl)NS(=O)(=O)N1CCOCC1. The zero-order chi connectivity index (χ0) is 12.2. The molecule has 1 saturated heterocycles. The Bertz CT molecular complexity index is 302. The molecule has 1 aliphatic heterocycles. The fourth-order valence-electron chi connectivity index (χ4n) is 1.40. The molecule has 1 N–H and O–H groups in total. The first-order valence-corrected chi connectivity index (χ1v) is 7.36. The van der Waals surface area contributed by atoms with E-state index in [1.54, 1.807) is 0 Å². The van der Waals surface area contributed by atoms with Crippen molar-refractivity contribution in [1.82, 2.24) is 9.03 Å². The summed E-state index contributed by atoms with van der Waals surface area (Å²) in [5, 5.41) is 0. The molecule has 5 nitrogen and oxygen atoms in total. The average molecular weight is 271 g/mol. The van der Waals surface area contributed by atoms with Gasteiger partial charge in [0.2, 0.25) is 0 Å². The van der Waals surface area contributed by atoms with E-state index in [-0.39, 0.29) is 17.8 Å². The van der Waals surface area contributed by atoms with Gasteiger partial charge in [-0.15, -0.1) is 11.6 Å². The molecule has 1 atom stereocenters. The molecular weight excluding hydrogens is 252 g/mol. The van der Waals surface area contributed by atoms with E-state index >= 15 is 0 Å². The summed E-state index contributed by atoms with van der Waals surface area (Å²) in [6.07, 6.45) is 0. The highest BCUT2D eigenvalue weighted by molar-refractivity contribution is 7.87. The van der Waals surface area contributed by atoms with Crippen LogP contribution in [0.4, 0.5) is 0 Å². The third kappa shape index (κ3) is 3.85. The Hall–Kier alpha value is 0.120. The van der Waals surface area contributed by atoms with E-state index < -0.39 is 10.2 Å². The molecule has 0 aromatic heterocycles. The number of halogens is 1. The Kier molecular flexibility index (Phi) is 5.46. The van der Waals surface area contributed by atoms with Crippen LogP contribution < -0.4 is 4.72 Å². The molecular formula is C9H19ClN2O3S. The number of morpholine rings is 1. The zero-order valence-electron chi connectivity index (χ0n) is 9.65. The van der Waals surface area contributed by atoms with Gasteiger partial charge < -0.3 is 4.74 Å². The smallest absolute Gasteiger partial charge is 0.279 e. The summed E-state index contributed by atoms with van der Waals surface area (Å²) in [5.74, 6) is 0.453. The molecule has 0 saturated carbocycles. The normalized spacial score (nSPS) is 21.2. The van der Waals surface area contributed by atoms with E-state index in [9.17, 15) is 8.42 Å². The van der Waals surface area contributed by atoms with Gasteiger partial charge >= 0.3 is 0 Å². The molecule has 0 aliphatic carbocycles. The van der Waals surface area contributed by atoms with Gasteiger partial charge in [-0.2, -0.15) is 17.4 Å². The zero-order valence-corrected chi connectivity index (χ0v) is 11.2. The maximum Gasteiger partial charge on any atom is 0.279 e. The minimum Gasteiger partial charge on any atom is -0.379 e. The highest BCUT2D eigenvalue weighted by Gasteiger charge is 2.27. The van der Waals surface area contributed by atoms with Crippen LogP contribution in [-0.4, -0.2) is 50.9 Å². The number of nitrogens with one attached hydrogen (secondary N) is 1. The lowest BCUT2D eigenvalue weighted by Gasteiger charge is -2.29. The second-order valence-corrected chi connectivity index (χ2v) is 6.15. The minimum atomic E-state index is -3.42. The van der Waals surface area contributed by atoms with E-state index in [0.29, 0.717) is 26.3 Å². The number of nitrogens with zero attached hydrogens (tertiary/aromatic N) is 1. The molecule has 0 amide bonds. The summed E-state index contributed by atoms with van der Waals surface area (Å²) in [6.45, 7) is 5.59. The fraction of sp³-hybridized carbons (Fsp3) is 1.00. The third-order valence-corrected chi connectivity index (χ3v) is 4.56. The Morgan fingerprint density at radius 1 is 1.38 bits per heavy atom. The minimum absolute atomic E-state index is 0.174. The van der Waals surface area contributed by atoms with E-state index in [1.807, 2.05) is 13.8 Å². The van der Waals surface area contributed by atoms with Crippen LogP contribution >= 0.6 is 11.6 Å². The molecule has 1 heterocycles. The highest BCUT2D eigenvalue weighted by atomic mass is 35.5. The topological polar surface area (TPSA) is 58.6 Å². The van der Waals surface area contributed by atoms with Gasteiger partial charge in [-0.25, -0.2) is 0 Å². The summed E-state index contributed by atoms with van der Waals surface area (Å²) in [7, 11) is -3.42. The first kappa shape index (κ1) is 14.2. The molecule has 7 heteroatoms. The standard InChI is InChI=1S/C9H19ClN2O3S/c1-8(2)9(7-10)11-16(13,14)12-3-5-15-6-4-12/h8-9,11H,3-7H2,1-2H3. The molecule has 1 fully saturated rings. The van der Waals surface area contributed by atoms with Crippen molar-refractivity contribution in [2.24, 2.45) is 5.92 Å². The Labute approximate surface area is 102 Å². The number of alkyl halides is 1. The van der Waals surface area contributed by atoms with Crippen molar-refractivity contribution >= 4 is 21.8 Å². The molecule has 0 aromatic rings. The Morgan fingerprint density at radius 3 is 2.38 bits per heavy atom. The van der Waals surface area contributed by atoms with Gasteiger partial charge in [0.15, 0.2) is 0 Å². The summed E-state index contributed by atoms with van der Waals surface area (Å²) in [4.78, 5) is 0. The molecule has 1 rings (SSSR count). The quantitative estimate of drug-likeness (QED) is 0.737. The van der Waals surface area contributed by atoms with Gasteiger partial charge in [0, 0.05) is 25.0 Å². The lowest BCUT2D eigenvalue weighted by Crippen LogP contribution is -2.51. The summed E-state index contributed by atoms with van der Waals surface area (Å²) < 4.78 is 33.1. The van der Waals surface area contributed by atoms with Crippen molar-refractivity contribution in [3.8, 4) is 0 Å². The van der Waals surface area contributed by atoms with Crippen molar-refractivity contribution in [3.63, 3.8) is 0 Å². The van der Waals surface area contributed by atoms with Crippen LogP contribution in [0.1, 0.15) is 13.8 Å². The second kappa shape index (κ2) is 6.16. The van der Waals surface area contributed by atoms with Crippen LogP contribution in [0.3, 0.4) is 0 Å². The molecule has 1 unspecified atom stereocenters. The predicted molar refractivity (Wildman–Crippen MR) is 63.8 cm³/mol. The molecule has 0 aromatic carbocycles. The van der Waals surface area contributed by atoms with Gasteiger partial charge in [-0.3, -0.25) is 0 Å². The summed E-state index contributed by atoms with van der Waals surface area (Å²) in [5.41, 5.74) is 0. The first-order chi connectivity index (χ1) is 7.47. The Balaban J connectivity index is 2.62. The van der Waals surface area contributed by atoms with Gasteiger partial charge in [-0.05, 0) is 5.92 Å². The summed E-state index contributed by atoms with van der Waals surface area (Å²) >= 11 is 5.74. The molecule has 96 valence electrons. The molecule has 0 bridgehead atoms. The van der Waals surface area contributed by atoms with Gasteiger partial charge in [0.1, 0.15) is 0 Å². The van der Waals surface area contributed by atoms with E-state index in [2.05, 4.69) is 4.72 Å². The van der Waals surface area contributed by atoms with Crippen LogP contribution in [0.2, 0.25) is 0 Å². The molecule has 16 heavy (non-hydrogen) atoms. The number of rotatable bonds is 5. The van der Waals surface area contributed by atoms with Crippen LogP contribution in [0.15, 0.2) is 0 Å². The maximum absolute atomic E-state index is 12.0. The summed E-state index contributed by atoms with van der Waals surface area (Å²) in [6, 6.07) is -0.227. The number of hydrogen-bond acceptors (Lipinski definition) is 3. The van der Waals surface area contributed by atoms with Gasteiger partial charge in [-0.1, -0.05) is 13.8 Å². The molecule has 0 spiro atoms. The van der Waals surface area contributed by atoms with Gasteiger partial charge in [0.25, 0.3) is 10.2 Å². The van der Waals surface area contributed by atoms with Crippen molar-refractivity contribution in [1.29, 1.82) is 0 Å². The predicted octanol–water partition coefficient (Wildman–Crippen LogP) is 0.416. The van der Waals surface area contributed by atoms with E-state index in [0.717, 1.165) is 0 Å². The number of ether oxygens (including phenoxy) is 1. The maximum atomic E-state index is 12.0. The third-order valence-electron chi connectivity index (χ3n) is 2.58. The lowest BCUT2D eigenvalue weighted by atomic mass is 10.1. The van der Waals surface area contributed by atoms with Crippen LogP contribution in [0.25, 0.3) is 0 Å². The number of hydrogen-bond donors (Lipinski definition) is 1. The first-order valence-electron chi connectivity index (χ1n) is 5.38. The monoisotopic (exact) mass is 270 g/mol.